The summed E-state index contributed by atoms with van der Waals surface area (Å²) in [6.07, 6.45) is 3.34. The minimum atomic E-state index is -0.524. The van der Waals surface area contributed by atoms with E-state index >= 15 is 0 Å². The molecule has 1 saturated heterocycles. The second-order valence-corrected chi connectivity index (χ2v) is 7.44. The molecule has 28 heavy (non-hydrogen) atoms. The third-order valence-electron chi connectivity index (χ3n) is 5.50. The first-order valence-electron chi connectivity index (χ1n) is 9.38. The first kappa shape index (κ1) is 18.2. The van der Waals surface area contributed by atoms with Gasteiger partial charge in [0.2, 0.25) is 5.91 Å². The Balaban J connectivity index is 1.52. The molecule has 4 rings (SSSR count). The van der Waals surface area contributed by atoms with Crippen LogP contribution in [-0.4, -0.2) is 42.6 Å². The van der Waals surface area contributed by atoms with E-state index in [1.54, 1.807) is 23.6 Å². The maximum atomic E-state index is 12.8. The normalized spacial score (nSPS) is 16.8. The van der Waals surface area contributed by atoms with E-state index in [-0.39, 0.29) is 12.5 Å². The molecular weight excluding hydrogens is 358 g/mol. The maximum Gasteiger partial charge on any atom is 0.332 e. The van der Waals surface area contributed by atoms with Crippen molar-refractivity contribution in [3.8, 4) is 0 Å². The highest BCUT2D eigenvalue weighted by Crippen LogP contribution is 2.21. The van der Waals surface area contributed by atoms with Gasteiger partial charge in [0.1, 0.15) is 6.54 Å². The van der Waals surface area contributed by atoms with Gasteiger partial charge in [-0.2, -0.15) is 0 Å². The molecule has 3 aromatic rings. The number of aromatic nitrogens is 4. The van der Waals surface area contributed by atoms with Crippen LogP contribution in [0.25, 0.3) is 11.2 Å². The molecule has 1 unspecified atom stereocenters. The summed E-state index contributed by atoms with van der Waals surface area (Å²) in [5, 5.41) is 0. The predicted octanol–water partition coefficient (Wildman–Crippen LogP) is 0.525. The third kappa shape index (κ3) is 3.15. The topological polar surface area (TPSA) is 82.1 Å². The van der Waals surface area contributed by atoms with Crippen molar-refractivity contribution in [3.05, 3.63) is 63.1 Å². The van der Waals surface area contributed by atoms with E-state index in [0.717, 1.165) is 17.4 Å². The Morgan fingerprint density at radius 3 is 2.68 bits per heavy atom. The van der Waals surface area contributed by atoms with Crippen molar-refractivity contribution in [3.63, 3.8) is 0 Å². The van der Waals surface area contributed by atoms with Crippen molar-refractivity contribution in [2.45, 2.75) is 19.4 Å². The molecule has 0 aliphatic carbocycles. The summed E-state index contributed by atoms with van der Waals surface area (Å²) < 4.78 is 3.90. The Bertz CT molecular complexity index is 1140. The average Bonchev–Trinajstić information content (AvgIpc) is 3.31. The number of fused-ring (bicyclic) bond motifs is 1. The van der Waals surface area contributed by atoms with Gasteiger partial charge in [0.05, 0.1) is 6.33 Å². The first-order valence-corrected chi connectivity index (χ1v) is 9.38. The van der Waals surface area contributed by atoms with Crippen LogP contribution in [0.4, 0.5) is 0 Å². The number of likely N-dealkylation sites (tertiary alicyclic amines) is 1. The minimum Gasteiger partial charge on any atom is -0.341 e. The van der Waals surface area contributed by atoms with Crippen LogP contribution >= 0.6 is 0 Å². The molecule has 1 aliphatic rings. The van der Waals surface area contributed by atoms with Crippen LogP contribution in [0.3, 0.4) is 0 Å². The van der Waals surface area contributed by atoms with E-state index < -0.39 is 11.2 Å². The molecule has 3 heterocycles. The van der Waals surface area contributed by atoms with Crippen molar-refractivity contribution >= 4 is 17.1 Å². The zero-order valence-electron chi connectivity index (χ0n) is 16.0. The van der Waals surface area contributed by atoms with Crippen molar-refractivity contribution in [1.82, 2.24) is 23.6 Å². The summed E-state index contributed by atoms with van der Waals surface area (Å²) in [5.74, 6) is 0.196. The van der Waals surface area contributed by atoms with E-state index in [1.807, 2.05) is 18.2 Å². The number of rotatable bonds is 4. The minimum absolute atomic E-state index is 0.198. The number of hydrogen-bond donors (Lipinski definition) is 0. The average molecular weight is 381 g/mol. The molecule has 0 spiro atoms. The Hall–Kier alpha value is -3.16. The molecule has 1 aromatic carbocycles. The molecule has 1 fully saturated rings. The van der Waals surface area contributed by atoms with Gasteiger partial charge in [0, 0.05) is 27.2 Å². The highest BCUT2D eigenvalue weighted by atomic mass is 16.2. The van der Waals surface area contributed by atoms with Gasteiger partial charge in [-0.1, -0.05) is 30.3 Å². The SMILES string of the molecule is Cn1cnc2c1c(=O)n(CC(=O)N1CCC(Cc3ccccc3)C1)c(=O)n2C. The standard InChI is InChI=1S/C20H23N5O3/c1-22-13-21-18-17(22)19(27)25(20(28)23(18)2)12-16(26)24-9-8-15(11-24)10-14-6-4-3-5-7-14/h3-7,13,15H,8-12H2,1-2H3. The van der Waals surface area contributed by atoms with Gasteiger partial charge in [-0.15, -0.1) is 0 Å². The largest absolute Gasteiger partial charge is 0.341 e. The second kappa shape index (κ2) is 7.10. The lowest BCUT2D eigenvalue weighted by Gasteiger charge is -2.17. The van der Waals surface area contributed by atoms with Crippen molar-refractivity contribution in [2.24, 2.45) is 20.0 Å². The van der Waals surface area contributed by atoms with Crippen LogP contribution in [-0.2, 0) is 31.9 Å². The monoisotopic (exact) mass is 381 g/mol. The van der Waals surface area contributed by atoms with Crippen molar-refractivity contribution < 1.29 is 4.79 Å². The molecule has 0 N–H and O–H groups in total. The number of hydrogen-bond acceptors (Lipinski definition) is 4. The summed E-state index contributed by atoms with van der Waals surface area (Å²) in [6.45, 7) is 1.06. The van der Waals surface area contributed by atoms with E-state index in [4.69, 9.17) is 0 Å². The predicted molar refractivity (Wildman–Crippen MR) is 105 cm³/mol. The van der Waals surface area contributed by atoms with Gasteiger partial charge in [0.15, 0.2) is 11.2 Å². The Morgan fingerprint density at radius 2 is 1.93 bits per heavy atom. The van der Waals surface area contributed by atoms with Gasteiger partial charge < -0.3 is 9.47 Å². The van der Waals surface area contributed by atoms with Gasteiger partial charge in [-0.3, -0.25) is 14.2 Å². The van der Waals surface area contributed by atoms with E-state index in [2.05, 4.69) is 17.1 Å². The smallest absolute Gasteiger partial charge is 0.332 e. The highest BCUT2D eigenvalue weighted by Gasteiger charge is 2.27. The molecule has 1 atom stereocenters. The molecule has 0 bridgehead atoms. The summed E-state index contributed by atoms with van der Waals surface area (Å²) in [7, 11) is 3.26. The summed E-state index contributed by atoms with van der Waals surface area (Å²) in [5.41, 5.74) is 0.896. The Kier molecular flexibility index (Phi) is 4.62. The number of aryl methyl sites for hydroxylation is 2. The lowest BCUT2D eigenvalue weighted by atomic mass is 9.99. The van der Waals surface area contributed by atoms with Crippen molar-refractivity contribution in [1.29, 1.82) is 0 Å². The summed E-state index contributed by atoms with van der Waals surface area (Å²) in [4.78, 5) is 44.0. The van der Waals surface area contributed by atoms with Crippen LogP contribution in [0.15, 0.2) is 46.2 Å². The fourth-order valence-corrected chi connectivity index (χ4v) is 3.94. The zero-order chi connectivity index (χ0) is 19.8. The fourth-order valence-electron chi connectivity index (χ4n) is 3.94. The number of carbonyl (C=O) groups excluding carboxylic acids is 1. The number of nitrogens with zero attached hydrogens (tertiary/aromatic N) is 5. The highest BCUT2D eigenvalue weighted by molar-refractivity contribution is 5.77. The van der Waals surface area contributed by atoms with E-state index in [9.17, 15) is 14.4 Å². The molecule has 146 valence electrons. The van der Waals surface area contributed by atoms with Crippen LogP contribution in [0.2, 0.25) is 0 Å². The summed E-state index contributed by atoms with van der Waals surface area (Å²) in [6, 6.07) is 10.2. The number of imidazole rings is 1. The summed E-state index contributed by atoms with van der Waals surface area (Å²) >= 11 is 0. The Labute approximate surface area is 161 Å². The fraction of sp³-hybridized carbons (Fsp3) is 0.400. The molecule has 2 aromatic heterocycles. The molecule has 1 aliphatic heterocycles. The van der Waals surface area contributed by atoms with Gasteiger partial charge in [-0.05, 0) is 24.3 Å². The number of benzene rings is 1. The first-order chi connectivity index (χ1) is 13.5. The van der Waals surface area contributed by atoms with Crippen molar-refractivity contribution in [2.75, 3.05) is 13.1 Å². The van der Waals surface area contributed by atoms with Gasteiger partial charge >= 0.3 is 5.69 Å². The van der Waals surface area contributed by atoms with Crippen LogP contribution < -0.4 is 11.2 Å². The van der Waals surface area contributed by atoms with E-state index in [0.29, 0.717) is 30.2 Å². The molecule has 1 amide bonds. The lowest BCUT2D eigenvalue weighted by Crippen LogP contribution is -2.44. The molecule has 0 radical (unpaired) electrons. The zero-order valence-corrected chi connectivity index (χ0v) is 16.0. The van der Waals surface area contributed by atoms with Crippen LogP contribution in [0.5, 0.6) is 0 Å². The third-order valence-corrected chi connectivity index (χ3v) is 5.50. The number of amides is 1. The number of carbonyl (C=O) groups is 1. The molecule has 0 saturated carbocycles. The molecular formula is C20H23N5O3. The van der Waals surface area contributed by atoms with Gasteiger partial charge in [-0.25, -0.2) is 14.3 Å². The maximum absolute atomic E-state index is 12.8. The molecule has 8 nitrogen and oxygen atoms in total. The van der Waals surface area contributed by atoms with E-state index in [1.165, 1.54) is 16.5 Å². The lowest BCUT2D eigenvalue weighted by molar-refractivity contribution is -0.131. The van der Waals surface area contributed by atoms with Gasteiger partial charge in [0.25, 0.3) is 5.56 Å². The quantitative estimate of drug-likeness (QED) is 0.660. The van der Waals surface area contributed by atoms with Crippen LogP contribution in [0, 0.1) is 5.92 Å². The molecule has 8 heteroatoms. The van der Waals surface area contributed by atoms with Crippen LogP contribution in [0.1, 0.15) is 12.0 Å². The second-order valence-electron chi connectivity index (χ2n) is 7.44. The Morgan fingerprint density at radius 1 is 1.18 bits per heavy atom.